The Kier molecular flexibility index (Phi) is 6.53. The number of nitrogens with one attached hydrogen (secondary N) is 2. The molecule has 0 bridgehead atoms. The van der Waals surface area contributed by atoms with E-state index in [1.54, 1.807) is 7.11 Å². The molecule has 2 aromatic rings. The Labute approximate surface area is 165 Å². The smallest absolute Gasteiger partial charge is 0.239 e. The number of benzene rings is 2. The lowest BCUT2D eigenvalue weighted by atomic mass is 10.1. The van der Waals surface area contributed by atoms with Gasteiger partial charge >= 0.3 is 0 Å². The fraction of sp³-hybridized carbons (Fsp3) is 0.364. The second-order valence-electron chi connectivity index (χ2n) is 6.90. The van der Waals surface area contributed by atoms with Crippen molar-refractivity contribution in [3.63, 3.8) is 0 Å². The molecule has 2 aromatic carbocycles. The first-order chi connectivity index (χ1) is 13.6. The maximum Gasteiger partial charge on any atom is 0.239 e. The molecule has 0 atom stereocenters. The molecule has 0 spiro atoms. The standard InChI is InChI=1S/C22H27N3O3/c1-16-19(5-3-6-20(16)25-14-4-7-22(25)27)24-15-21(26)23-13-12-17-8-10-18(28-2)11-9-17/h3,5-6,8-11,24H,4,7,12-15H2,1-2H3,(H,23,26). The van der Waals surface area contributed by atoms with Gasteiger partial charge in [-0.15, -0.1) is 0 Å². The molecule has 1 aliphatic heterocycles. The van der Waals surface area contributed by atoms with E-state index in [2.05, 4.69) is 10.6 Å². The lowest BCUT2D eigenvalue weighted by molar-refractivity contribution is -0.119. The van der Waals surface area contributed by atoms with E-state index in [1.807, 2.05) is 54.3 Å². The van der Waals surface area contributed by atoms with E-state index in [-0.39, 0.29) is 18.4 Å². The highest BCUT2D eigenvalue weighted by molar-refractivity contribution is 5.97. The molecule has 0 aliphatic carbocycles. The molecule has 6 heteroatoms. The van der Waals surface area contributed by atoms with Gasteiger partial charge in [-0.2, -0.15) is 0 Å². The number of carbonyl (C=O) groups excluding carboxylic acids is 2. The van der Waals surface area contributed by atoms with Crippen molar-refractivity contribution < 1.29 is 14.3 Å². The van der Waals surface area contributed by atoms with E-state index in [1.165, 1.54) is 0 Å². The SMILES string of the molecule is COc1ccc(CCNC(=O)CNc2cccc(N3CCCC3=O)c2C)cc1. The first-order valence-corrected chi connectivity index (χ1v) is 9.62. The summed E-state index contributed by atoms with van der Waals surface area (Å²) in [7, 11) is 1.64. The van der Waals surface area contributed by atoms with E-state index in [4.69, 9.17) is 4.74 Å². The zero-order valence-corrected chi connectivity index (χ0v) is 16.5. The van der Waals surface area contributed by atoms with Crippen molar-refractivity contribution in [3.8, 4) is 5.75 Å². The van der Waals surface area contributed by atoms with Gasteiger partial charge in [-0.25, -0.2) is 0 Å². The molecule has 148 valence electrons. The highest BCUT2D eigenvalue weighted by Gasteiger charge is 2.23. The molecule has 6 nitrogen and oxygen atoms in total. The van der Waals surface area contributed by atoms with E-state index >= 15 is 0 Å². The quantitative estimate of drug-likeness (QED) is 0.738. The van der Waals surface area contributed by atoms with Crippen molar-refractivity contribution in [2.45, 2.75) is 26.2 Å². The summed E-state index contributed by atoms with van der Waals surface area (Å²) >= 11 is 0. The van der Waals surface area contributed by atoms with Crippen molar-refractivity contribution in [3.05, 3.63) is 53.6 Å². The lowest BCUT2D eigenvalue weighted by Gasteiger charge is -2.20. The number of hydrogen-bond acceptors (Lipinski definition) is 4. The minimum atomic E-state index is -0.0597. The highest BCUT2D eigenvalue weighted by Crippen LogP contribution is 2.29. The molecule has 0 aromatic heterocycles. The summed E-state index contributed by atoms with van der Waals surface area (Å²) in [5.41, 5.74) is 3.94. The van der Waals surface area contributed by atoms with Crippen LogP contribution in [-0.2, 0) is 16.0 Å². The van der Waals surface area contributed by atoms with E-state index in [0.717, 1.165) is 47.6 Å². The average molecular weight is 381 g/mol. The number of amides is 2. The Morgan fingerprint density at radius 1 is 1.18 bits per heavy atom. The van der Waals surface area contributed by atoms with Crippen LogP contribution >= 0.6 is 0 Å². The molecule has 0 radical (unpaired) electrons. The Morgan fingerprint density at radius 3 is 2.64 bits per heavy atom. The van der Waals surface area contributed by atoms with Crippen molar-refractivity contribution in [2.75, 3.05) is 37.0 Å². The topological polar surface area (TPSA) is 70.7 Å². The molecule has 0 saturated carbocycles. The van der Waals surface area contributed by atoms with Crippen molar-refractivity contribution in [2.24, 2.45) is 0 Å². The third kappa shape index (κ3) is 4.82. The van der Waals surface area contributed by atoms with Crippen molar-refractivity contribution >= 4 is 23.2 Å². The van der Waals surface area contributed by atoms with Crippen molar-refractivity contribution in [1.82, 2.24) is 5.32 Å². The number of rotatable bonds is 8. The van der Waals surface area contributed by atoms with Gasteiger partial charge in [-0.1, -0.05) is 18.2 Å². The van der Waals surface area contributed by atoms with Gasteiger partial charge in [0.2, 0.25) is 11.8 Å². The summed E-state index contributed by atoms with van der Waals surface area (Å²) in [6, 6.07) is 13.6. The third-order valence-corrected chi connectivity index (χ3v) is 5.00. The van der Waals surface area contributed by atoms with Gasteiger partial charge in [0.1, 0.15) is 5.75 Å². The number of ether oxygens (including phenoxy) is 1. The zero-order valence-electron chi connectivity index (χ0n) is 16.5. The first kappa shape index (κ1) is 19.7. The first-order valence-electron chi connectivity index (χ1n) is 9.62. The minimum Gasteiger partial charge on any atom is -0.497 e. The Morgan fingerprint density at radius 2 is 1.96 bits per heavy atom. The maximum absolute atomic E-state index is 12.2. The van der Waals surface area contributed by atoms with Gasteiger partial charge in [-0.3, -0.25) is 9.59 Å². The Balaban J connectivity index is 1.48. The number of carbonyl (C=O) groups is 2. The van der Waals surface area contributed by atoms with Crippen LogP contribution in [0, 0.1) is 6.92 Å². The molecule has 1 aliphatic rings. The molecular weight excluding hydrogens is 354 g/mol. The molecule has 2 N–H and O–H groups in total. The fourth-order valence-corrected chi connectivity index (χ4v) is 3.39. The molecule has 1 heterocycles. The van der Waals surface area contributed by atoms with Gasteiger partial charge < -0.3 is 20.3 Å². The zero-order chi connectivity index (χ0) is 19.9. The second kappa shape index (κ2) is 9.26. The van der Waals surface area contributed by atoms with Crippen LogP contribution in [0.2, 0.25) is 0 Å². The summed E-state index contributed by atoms with van der Waals surface area (Å²) < 4.78 is 5.14. The Bertz CT molecular complexity index is 833. The highest BCUT2D eigenvalue weighted by atomic mass is 16.5. The van der Waals surface area contributed by atoms with Crippen LogP contribution in [0.15, 0.2) is 42.5 Å². The second-order valence-corrected chi connectivity index (χ2v) is 6.90. The number of anilines is 2. The van der Waals surface area contributed by atoms with Crippen LogP contribution < -0.4 is 20.3 Å². The fourth-order valence-electron chi connectivity index (χ4n) is 3.39. The summed E-state index contributed by atoms with van der Waals surface area (Å²) in [6.07, 6.45) is 2.27. The predicted octanol–water partition coefficient (Wildman–Crippen LogP) is 2.90. The van der Waals surface area contributed by atoms with Crippen LogP contribution in [0.25, 0.3) is 0 Å². The summed E-state index contributed by atoms with van der Waals surface area (Å²) in [5.74, 6) is 0.928. The molecule has 28 heavy (non-hydrogen) atoms. The number of methoxy groups -OCH3 is 1. The largest absolute Gasteiger partial charge is 0.497 e. The third-order valence-electron chi connectivity index (χ3n) is 5.00. The van der Waals surface area contributed by atoms with E-state index in [9.17, 15) is 9.59 Å². The predicted molar refractivity (Wildman–Crippen MR) is 111 cm³/mol. The number of hydrogen-bond donors (Lipinski definition) is 2. The molecular formula is C22H27N3O3. The Hall–Kier alpha value is -3.02. The monoisotopic (exact) mass is 381 g/mol. The van der Waals surface area contributed by atoms with E-state index in [0.29, 0.717) is 13.0 Å². The summed E-state index contributed by atoms with van der Waals surface area (Å²) in [4.78, 5) is 26.0. The van der Waals surface area contributed by atoms with Crippen molar-refractivity contribution in [1.29, 1.82) is 0 Å². The summed E-state index contributed by atoms with van der Waals surface area (Å²) in [6.45, 7) is 3.51. The minimum absolute atomic E-state index is 0.0597. The van der Waals surface area contributed by atoms with Crippen LogP contribution in [0.3, 0.4) is 0 Å². The average Bonchev–Trinajstić information content (AvgIpc) is 3.13. The summed E-state index contributed by atoms with van der Waals surface area (Å²) in [5, 5.41) is 6.12. The van der Waals surface area contributed by atoms with Gasteiger partial charge in [0, 0.05) is 30.9 Å². The van der Waals surface area contributed by atoms with Crippen LogP contribution in [0.5, 0.6) is 5.75 Å². The van der Waals surface area contributed by atoms with Gasteiger partial charge in [0.05, 0.1) is 13.7 Å². The molecule has 0 unspecified atom stereocenters. The number of nitrogens with zero attached hydrogens (tertiary/aromatic N) is 1. The van der Waals surface area contributed by atoms with Gasteiger partial charge in [0.15, 0.2) is 0 Å². The molecule has 3 rings (SSSR count). The van der Waals surface area contributed by atoms with Crippen LogP contribution in [-0.4, -0.2) is 38.6 Å². The van der Waals surface area contributed by atoms with Crippen LogP contribution in [0.1, 0.15) is 24.0 Å². The van der Waals surface area contributed by atoms with Gasteiger partial charge in [-0.05, 0) is 55.2 Å². The normalized spacial score (nSPS) is 13.5. The van der Waals surface area contributed by atoms with E-state index < -0.39 is 0 Å². The molecule has 2 amide bonds. The molecule has 1 fully saturated rings. The maximum atomic E-state index is 12.2. The van der Waals surface area contributed by atoms with Gasteiger partial charge in [0.25, 0.3) is 0 Å². The molecule has 1 saturated heterocycles. The van der Waals surface area contributed by atoms with Crippen LogP contribution in [0.4, 0.5) is 11.4 Å². The lowest BCUT2D eigenvalue weighted by Crippen LogP contribution is -2.31.